The molecule has 1 aromatic heterocycles. The number of para-hydroxylation sites is 3. The van der Waals surface area contributed by atoms with Crippen LogP contribution in [0.5, 0.6) is 0 Å². The van der Waals surface area contributed by atoms with Gasteiger partial charge in [-0.3, -0.25) is 9.59 Å². The number of carbonyl (C=O) groups excluding carboxylic acids is 2. The van der Waals surface area contributed by atoms with Crippen molar-refractivity contribution in [3.63, 3.8) is 0 Å². The smallest absolute Gasteiger partial charge is 0.251 e. The summed E-state index contributed by atoms with van der Waals surface area (Å²) in [4.78, 5) is 32.2. The lowest BCUT2D eigenvalue weighted by molar-refractivity contribution is -0.119. The molecule has 2 amide bonds. The topological polar surface area (TPSA) is 67.2 Å². The number of hydrogen-bond donors (Lipinski definition) is 1. The zero-order valence-electron chi connectivity index (χ0n) is 20.5. The van der Waals surface area contributed by atoms with Gasteiger partial charge in [-0.15, -0.1) is 0 Å². The van der Waals surface area contributed by atoms with E-state index in [0.717, 1.165) is 48.2 Å². The Morgan fingerprint density at radius 3 is 2.39 bits per heavy atom. The van der Waals surface area contributed by atoms with Gasteiger partial charge in [-0.1, -0.05) is 48.4 Å². The normalized spacial score (nSPS) is 10.9. The van der Waals surface area contributed by atoms with E-state index in [9.17, 15) is 9.59 Å². The highest BCUT2D eigenvalue weighted by atomic mass is 35.5. The number of nitrogens with zero attached hydrogens (tertiary/aromatic N) is 3. The number of rotatable bonds is 11. The number of unbranched alkanes of at least 4 members (excludes halogenated alkanes) is 2. The molecule has 1 heterocycles. The maximum absolute atomic E-state index is 13.3. The minimum atomic E-state index is -0.0918. The zero-order valence-corrected chi connectivity index (χ0v) is 21.2. The van der Waals surface area contributed by atoms with Gasteiger partial charge < -0.3 is 14.8 Å². The van der Waals surface area contributed by atoms with Gasteiger partial charge in [-0.05, 0) is 68.3 Å². The summed E-state index contributed by atoms with van der Waals surface area (Å²) in [6.45, 7) is 3.45. The van der Waals surface area contributed by atoms with Crippen LogP contribution in [0, 0.1) is 0 Å². The number of amides is 2. The van der Waals surface area contributed by atoms with Crippen LogP contribution in [-0.2, 0) is 17.8 Å². The lowest BCUT2D eigenvalue weighted by Crippen LogP contribution is -2.34. The molecule has 0 fully saturated rings. The summed E-state index contributed by atoms with van der Waals surface area (Å²) < 4.78 is 2.05. The van der Waals surface area contributed by atoms with Crippen LogP contribution < -0.4 is 10.2 Å². The molecule has 0 saturated carbocycles. The maximum atomic E-state index is 13.3. The summed E-state index contributed by atoms with van der Waals surface area (Å²) >= 11 is 5.88. The Balaban J connectivity index is 1.34. The van der Waals surface area contributed by atoms with Crippen molar-refractivity contribution in [1.82, 2.24) is 14.9 Å². The summed E-state index contributed by atoms with van der Waals surface area (Å²) in [6, 6.07) is 24.6. The molecule has 0 spiro atoms. The molecule has 0 saturated heterocycles. The second-order valence-electron chi connectivity index (χ2n) is 8.65. The number of nitrogens with one attached hydrogen (secondary N) is 1. The fourth-order valence-corrected chi connectivity index (χ4v) is 4.44. The summed E-state index contributed by atoms with van der Waals surface area (Å²) in [5.74, 6) is 0.864. The van der Waals surface area contributed by atoms with Crippen LogP contribution in [0.25, 0.3) is 11.0 Å². The van der Waals surface area contributed by atoms with Crippen molar-refractivity contribution in [3.05, 3.63) is 95.3 Å². The number of aryl methyl sites for hydroxylation is 1. The van der Waals surface area contributed by atoms with Crippen LogP contribution in [0.15, 0.2) is 78.9 Å². The van der Waals surface area contributed by atoms with Gasteiger partial charge in [0.05, 0.1) is 11.0 Å². The van der Waals surface area contributed by atoms with Crippen molar-refractivity contribution in [1.29, 1.82) is 0 Å². The molecule has 0 radical (unpaired) electrons. The number of aromatic nitrogens is 2. The fourth-order valence-electron chi connectivity index (χ4n) is 4.31. The number of hydrogen-bond acceptors (Lipinski definition) is 3. The highest BCUT2D eigenvalue weighted by Gasteiger charge is 2.18. The largest absolute Gasteiger partial charge is 0.352 e. The molecule has 4 aromatic rings. The number of halogens is 1. The summed E-state index contributed by atoms with van der Waals surface area (Å²) in [5, 5.41) is 3.57. The quantitative estimate of drug-likeness (QED) is 0.260. The zero-order chi connectivity index (χ0) is 25.3. The number of fused-ring (bicyclic) bond motifs is 1. The van der Waals surface area contributed by atoms with Crippen molar-refractivity contribution in [2.45, 2.75) is 39.2 Å². The predicted octanol–water partition coefficient (Wildman–Crippen LogP) is 5.89. The van der Waals surface area contributed by atoms with E-state index in [2.05, 4.69) is 5.32 Å². The van der Waals surface area contributed by atoms with E-state index in [1.54, 1.807) is 24.3 Å². The van der Waals surface area contributed by atoms with E-state index in [1.807, 2.05) is 71.0 Å². The Morgan fingerprint density at radius 2 is 1.64 bits per heavy atom. The van der Waals surface area contributed by atoms with E-state index in [0.29, 0.717) is 23.7 Å². The van der Waals surface area contributed by atoms with Crippen LogP contribution in [0.2, 0.25) is 5.02 Å². The fraction of sp³-hybridized carbons (Fsp3) is 0.276. The molecule has 6 nitrogen and oxygen atoms in total. The summed E-state index contributed by atoms with van der Waals surface area (Å²) in [5.41, 5.74) is 3.38. The van der Waals surface area contributed by atoms with Crippen LogP contribution in [-0.4, -0.2) is 34.5 Å². The lowest BCUT2D eigenvalue weighted by atomic mass is 10.1. The van der Waals surface area contributed by atoms with Gasteiger partial charge in [0.1, 0.15) is 12.4 Å². The Kier molecular flexibility index (Phi) is 8.74. The van der Waals surface area contributed by atoms with E-state index >= 15 is 0 Å². The van der Waals surface area contributed by atoms with Gasteiger partial charge >= 0.3 is 0 Å². The Morgan fingerprint density at radius 1 is 0.917 bits per heavy atom. The minimum Gasteiger partial charge on any atom is -0.352 e. The number of carbonyl (C=O) groups is 2. The third-order valence-electron chi connectivity index (χ3n) is 6.18. The van der Waals surface area contributed by atoms with Crippen LogP contribution in [0.4, 0.5) is 5.69 Å². The van der Waals surface area contributed by atoms with Gasteiger partial charge in [-0.2, -0.15) is 0 Å². The standard InChI is InChI=1S/C29H31ClN4O2/c1-2-33(24-11-5-3-6-12-24)28(35)21-34-26-14-9-8-13-25(26)32-27(34)15-7-4-10-20-31-29(36)22-16-18-23(30)19-17-22/h3,5-6,8-9,11-14,16-19H,2,4,7,10,15,20-21H2,1H3,(H,31,36). The first-order valence-corrected chi connectivity index (χ1v) is 12.8. The molecule has 7 heteroatoms. The van der Waals surface area contributed by atoms with Crippen molar-refractivity contribution in [2.75, 3.05) is 18.0 Å². The van der Waals surface area contributed by atoms with Crippen molar-refractivity contribution >= 4 is 40.1 Å². The molecular formula is C29H31ClN4O2. The lowest BCUT2D eigenvalue weighted by Gasteiger charge is -2.22. The molecule has 3 aromatic carbocycles. The van der Waals surface area contributed by atoms with E-state index in [-0.39, 0.29) is 18.4 Å². The van der Waals surface area contributed by atoms with Gasteiger partial charge in [-0.25, -0.2) is 4.98 Å². The number of likely N-dealkylation sites (N-methyl/N-ethyl adjacent to an activating group) is 1. The Labute approximate surface area is 216 Å². The predicted molar refractivity (Wildman–Crippen MR) is 146 cm³/mol. The molecule has 0 aliphatic rings. The third-order valence-corrected chi connectivity index (χ3v) is 6.43. The third kappa shape index (κ3) is 6.32. The average molecular weight is 503 g/mol. The number of anilines is 1. The van der Waals surface area contributed by atoms with E-state index in [4.69, 9.17) is 16.6 Å². The molecule has 4 rings (SSSR count). The highest BCUT2D eigenvalue weighted by Crippen LogP contribution is 2.20. The SMILES string of the molecule is CCN(C(=O)Cn1c(CCCCCNC(=O)c2ccc(Cl)cc2)nc2ccccc21)c1ccccc1. The molecule has 1 N–H and O–H groups in total. The Bertz CT molecular complexity index is 1300. The first-order valence-electron chi connectivity index (χ1n) is 12.4. The van der Waals surface area contributed by atoms with E-state index in [1.165, 1.54) is 0 Å². The van der Waals surface area contributed by atoms with Gasteiger partial charge in [0.2, 0.25) is 5.91 Å². The van der Waals surface area contributed by atoms with Gasteiger partial charge in [0.25, 0.3) is 5.91 Å². The summed E-state index contributed by atoms with van der Waals surface area (Å²) in [7, 11) is 0. The average Bonchev–Trinajstić information content (AvgIpc) is 3.24. The first kappa shape index (κ1) is 25.5. The van der Waals surface area contributed by atoms with Crippen LogP contribution in [0.3, 0.4) is 0 Å². The Hall–Kier alpha value is -3.64. The molecule has 0 unspecified atom stereocenters. The van der Waals surface area contributed by atoms with Crippen molar-refractivity contribution in [2.24, 2.45) is 0 Å². The second-order valence-corrected chi connectivity index (χ2v) is 9.09. The second kappa shape index (κ2) is 12.4. The van der Waals surface area contributed by atoms with E-state index < -0.39 is 0 Å². The van der Waals surface area contributed by atoms with Crippen molar-refractivity contribution < 1.29 is 9.59 Å². The monoisotopic (exact) mass is 502 g/mol. The molecule has 0 bridgehead atoms. The number of benzene rings is 3. The molecule has 0 atom stereocenters. The minimum absolute atomic E-state index is 0.0398. The van der Waals surface area contributed by atoms with Crippen molar-refractivity contribution in [3.8, 4) is 0 Å². The summed E-state index contributed by atoms with van der Waals surface area (Å²) in [6.07, 6.45) is 3.51. The number of imidazole rings is 1. The molecule has 0 aliphatic heterocycles. The first-order chi connectivity index (χ1) is 17.6. The van der Waals surface area contributed by atoms with Crippen LogP contribution >= 0.6 is 11.6 Å². The molecule has 186 valence electrons. The van der Waals surface area contributed by atoms with Gasteiger partial charge in [0.15, 0.2) is 0 Å². The molecule has 0 aliphatic carbocycles. The van der Waals surface area contributed by atoms with Gasteiger partial charge in [0, 0.05) is 35.8 Å². The van der Waals surface area contributed by atoms with Crippen LogP contribution in [0.1, 0.15) is 42.4 Å². The molecule has 36 heavy (non-hydrogen) atoms. The molecular weight excluding hydrogens is 472 g/mol. The maximum Gasteiger partial charge on any atom is 0.251 e. The highest BCUT2D eigenvalue weighted by molar-refractivity contribution is 6.30.